The molecule has 1 N–H and O–H groups in total. The van der Waals surface area contributed by atoms with Gasteiger partial charge in [0, 0.05) is 79.2 Å². The Balaban J connectivity index is 0.000000165. The number of aromatic nitrogens is 1. The average molecular weight is 902 g/mol. The molecule has 3 amide bonds. The Morgan fingerprint density at radius 2 is 1.29 bits per heavy atom. The number of piperidine rings is 2. The first-order valence-electron chi connectivity index (χ1n) is 23.1. The minimum Gasteiger partial charge on any atom is -0.336 e. The van der Waals surface area contributed by atoms with E-state index in [9.17, 15) is 22.8 Å². The second-order valence-electron chi connectivity index (χ2n) is 17.9. The van der Waals surface area contributed by atoms with Gasteiger partial charge < -0.3 is 29.5 Å². The van der Waals surface area contributed by atoms with Gasteiger partial charge >= 0.3 is 6.03 Å². The summed E-state index contributed by atoms with van der Waals surface area (Å²) in [6.45, 7) is 8.24. The SMILES string of the molecule is O=C1Cc2ccccc2N1C1CCN(CCCC(c2ccc(F)cc2)c2ccc(F)cc2)CC1.O=C1NCCN1CCN1CCC(c2cn(-c3ccc(F)cc3)c3ccc(Cl)cc23)CC1. The molecule has 5 heterocycles. The number of carbonyl (C=O) groups is 2. The van der Waals surface area contributed by atoms with Crippen LogP contribution in [-0.4, -0.2) is 96.1 Å². The molecule has 10 rings (SSSR count). The summed E-state index contributed by atoms with van der Waals surface area (Å²) in [5.74, 6) is 0.0574. The number of halogens is 4. The van der Waals surface area contributed by atoms with Crippen molar-refractivity contribution in [2.75, 3.05) is 63.8 Å². The molecule has 12 heteroatoms. The molecule has 0 atom stereocenters. The highest BCUT2D eigenvalue weighted by molar-refractivity contribution is 6.31. The van der Waals surface area contributed by atoms with Gasteiger partial charge in [-0.25, -0.2) is 18.0 Å². The third kappa shape index (κ3) is 10.4. The van der Waals surface area contributed by atoms with E-state index in [1.54, 1.807) is 0 Å². The van der Waals surface area contributed by atoms with Crippen LogP contribution in [0.15, 0.2) is 121 Å². The summed E-state index contributed by atoms with van der Waals surface area (Å²) >= 11 is 6.34. The maximum absolute atomic E-state index is 13.5. The van der Waals surface area contributed by atoms with Crippen LogP contribution >= 0.6 is 11.6 Å². The molecule has 1 aromatic heterocycles. The summed E-state index contributed by atoms with van der Waals surface area (Å²) in [7, 11) is 0. The van der Waals surface area contributed by atoms with E-state index in [4.69, 9.17) is 11.6 Å². The van der Waals surface area contributed by atoms with Crippen molar-refractivity contribution in [3.63, 3.8) is 0 Å². The number of benzene rings is 5. The van der Waals surface area contributed by atoms with Crippen LogP contribution < -0.4 is 10.2 Å². The highest BCUT2D eigenvalue weighted by Crippen LogP contribution is 2.38. The molecule has 0 spiro atoms. The zero-order valence-corrected chi connectivity index (χ0v) is 37.4. The van der Waals surface area contributed by atoms with Gasteiger partial charge in [0.1, 0.15) is 17.5 Å². The summed E-state index contributed by atoms with van der Waals surface area (Å²) in [5, 5.41) is 4.76. The lowest BCUT2D eigenvalue weighted by molar-refractivity contribution is -0.118. The lowest BCUT2D eigenvalue weighted by Gasteiger charge is -2.37. The molecule has 0 aliphatic carbocycles. The number of anilines is 1. The molecule has 5 aromatic carbocycles. The van der Waals surface area contributed by atoms with Crippen molar-refractivity contribution >= 4 is 40.1 Å². The van der Waals surface area contributed by atoms with Crippen LogP contribution in [-0.2, 0) is 11.2 Å². The Kier molecular flexibility index (Phi) is 13.9. The van der Waals surface area contributed by atoms with E-state index in [1.165, 1.54) is 47.3 Å². The minimum atomic E-state index is -0.247. The van der Waals surface area contributed by atoms with Crippen molar-refractivity contribution in [2.24, 2.45) is 0 Å². The van der Waals surface area contributed by atoms with E-state index < -0.39 is 0 Å². The van der Waals surface area contributed by atoms with Gasteiger partial charge in [-0.15, -0.1) is 0 Å². The number of likely N-dealkylation sites (tertiary alicyclic amines) is 2. The molecule has 3 saturated heterocycles. The van der Waals surface area contributed by atoms with Gasteiger partial charge in [-0.05, 0) is 159 Å². The molecule has 3 fully saturated rings. The molecule has 6 aromatic rings. The first-order chi connectivity index (χ1) is 31.7. The van der Waals surface area contributed by atoms with Gasteiger partial charge in [-0.2, -0.15) is 0 Å². The molecule has 65 heavy (non-hydrogen) atoms. The number of urea groups is 1. The standard InChI is InChI=1S/C29H30F2N2O.C24H26ClFN4O/c30-24-11-7-21(8-12-24)27(22-9-13-25(31)14-10-22)5-3-17-32-18-15-26(16-19-32)33-28-6-2-1-4-23(28)20-29(33)34;25-18-1-6-23-21(15-18)22(16-30(23)20-4-2-19(26)3-5-20)17-7-10-28(11-8-17)13-14-29-12-9-27-24(29)31/h1-2,4,6-14,26-27H,3,5,15-20H2;1-6,15-17H,7-14H2,(H,27,31). The summed E-state index contributed by atoms with van der Waals surface area (Å²) in [4.78, 5) is 33.2. The quantitative estimate of drug-likeness (QED) is 0.133. The average Bonchev–Trinajstić information content (AvgIpc) is 4.02. The van der Waals surface area contributed by atoms with E-state index in [2.05, 4.69) is 38.0 Å². The zero-order valence-electron chi connectivity index (χ0n) is 36.7. The number of nitrogens with one attached hydrogen (secondary N) is 1. The van der Waals surface area contributed by atoms with Crippen molar-refractivity contribution in [3.05, 3.63) is 166 Å². The second-order valence-corrected chi connectivity index (χ2v) is 18.3. The van der Waals surface area contributed by atoms with Crippen molar-refractivity contribution in [3.8, 4) is 5.69 Å². The van der Waals surface area contributed by atoms with Crippen molar-refractivity contribution in [1.82, 2.24) is 24.6 Å². The molecule has 8 nitrogen and oxygen atoms in total. The Hall–Kier alpha value is -5.62. The summed E-state index contributed by atoms with van der Waals surface area (Å²) < 4.78 is 42.5. The number of amides is 3. The van der Waals surface area contributed by atoms with E-state index in [1.807, 2.05) is 76.5 Å². The molecular weight excluding hydrogens is 845 g/mol. The number of hydrogen-bond donors (Lipinski definition) is 1. The predicted molar refractivity (Wildman–Crippen MR) is 253 cm³/mol. The van der Waals surface area contributed by atoms with Gasteiger partial charge in [-0.3, -0.25) is 4.79 Å². The molecule has 4 aliphatic heterocycles. The number of nitrogens with zero attached hydrogens (tertiary/aromatic N) is 5. The fraction of sp³-hybridized carbons (Fsp3) is 0.358. The fourth-order valence-electron chi connectivity index (χ4n) is 10.3. The molecule has 0 saturated carbocycles. The van der Waals surface area contributed by atoms with Gasteiger partial charge in [0.25, 0.3) is 0 Å². The zero-order chi connectivity index (χ0) is 44.9. The highest BCUT2D eigenvalue weighted by atomic mass is 35.5. The topological polar surface area (TPSA) is 64.1 Å². The molecule has 338 valence electrons. The van der Waals surface area contributed by atoms with Crippen LogP contribution in [0.5, 0.6) is 0 Å². The third-order valence-corrected chi connectivity index (χ3v) is 14.1. The number of rotatable bonds is 12. The van der Waals surface area contributed by atoms with Crippen LogP contribution in [0, 0.1) is 17.5 Å². The lowest BCUT2D eigenvalue weighted by Crippen LogP contribution is -2.46. The van der Waals surface area contributed by atoms with E-state index in [0.717, 1.165) is 136 Å². The first kappa shape index (κ1) is 44.6. The van der Waals surface area contributed by atoms with E-state index in [-0.39, 0.29) is 41.3 Å². The Labute approximate surface area is 384 Å². The number of hydrogen-bond acceptors (Lipinski definition) is 4. The number of carbonyl (C=O) groups excluding carboxylic acids is 2. The van der Waals surface area contributed by atoms with Crippen molar-refractivity contribution < 1.29 is 22.8 Å². The summed E-state index contributed by atoms with van der Waals surface area (Å²) in [6.07, 6.45) is 8.74. The number of fused-ring (bicyclic) bond motifs is 2. The van der Waals surface area contributed by atoms with Crippen LogP contribution in [0.4, 0.5) is 23.7 Å². The highest BCUT2D eigenvalue weighted by Gasteiger charge is 2.34. The fourth-order valence-corrected chi connectivity index (χ4v) is 10.5. The van der Waals surface area contributed by atoms with Gasteiger partial charge in [-0.1, -0.05) is 54.1 Å². The smallest absolute Gasteiger partial charge is 0.317 e. The first-order valence-corrected chi connectivity index (χ1v) is 23.5. The molecular formula is C53H56ClF3N6O2. The van der Waals surface area contributed by atoms with Crippen LogP contribution in [0.1, 0.15) is 72.6 Å². The Bertz CT molecular complexity index is 2520. The summed E-state index contributed by atoms with van der Waals surface area (Å²) in [5.41, 5.74) is 7.68. The van der Waals surface area contributed by atoms with Crippen LogP contribution in [0.25, 0.3) is 16.6 Å². The van der Waals surface area contributed by atoms with Crippen molar-refractivity contribution in [2.45, 2.75) is 62.8 Å². The molecule has 4 aliphatic rings. The van der Waals surface area contributed by atoms with Crippen molar-refractivity contribution in [1.29, 1.82) is 0 Å². The predicted octanol–water partition coefficient (Wildman–Crippen LogP) is 10.6. The van der Waals surface area contributed by atoms with Gasteiger partial charge in [0.2, 0.25) is 5.91 Å². The van der Waals surface area contributed by atoms with E-state index >= 15 is 0 Å². The van der Waals surface area contributed by atoms with E-state index in [0.29, 0.717) is 12.3 Å². The Morgan fingerprint density at radius 3 is 1.94 bits per heavy atom. The lowest BCUT2D eigenvalue weighted by atomic mass is 9.87. The van der Waals surface area contributed by atoms with Gasteiger partial charge in [0.15, 0.2) is 0 Å². The maximum atomic E-state index is 13.5. The summed E-state index contributed by atoms with van der Waals surface area (Å²) in [6, 6.07) is 34.4. The Morgan fingerprint density at radius 1 is 0.677 bits per heavy atom. The minimum absolute atomic E-state index is 0.0559. The largest absolute Gasteiger partial charge is 0.336 e. The molecule has 0 radical (unpaired) electrons. The second kappa shape index (κ2) is 20.3. The monoisotopic (exact) mass is 900 g/mol. The maximum Gasteiger partial charge on any atom is 0.317 e. The third-order valence-electron chi connectivity index (χ3n) is 13.9. The molecule has 0 bridgehead atoms. The van der Waals surface area contributed by atoms with Crippen LogP contribution in [0.3, 0.4) is 0 Å². The van der Waals surface area contributed by atoms with Crippen LogP contribution in [0.2, 0.25) is 5.02 Å². The molecule has 0 unspecified atom stereocenters. The van der Waals surface area contributed by atoms with Gasteiger partial charge in [0.05, 0.1) is 11.9 Å². The normalized spacial score (nSPS) is 17.5. The number of para-hydroxylation sites is 1.